The number of amides is 6. The molecule has 0 aromatic carbocycles. The first-order valence-electron chi connectivity index (χ1n) is 13.3. The Hall–Kier alpha value is -3.51. The molecule has 18 heteroatoms. The SMILES string of the molecule is CC(=O)NCC(F)CCN(O)C(=O)CCC(=O)NCC(F)CCN(O)C(=O)CCC(=O)NCC(F)CCN(O)C(C)=O. The molecule has 0 aliphatic heterocycles. The molecule has 242 valence electrons. The van der Waals surface area contributed by atoms with E-state index >= 15 is 0 Å². The number of halogens is 3. The zero-order valence-electron chi connectivity index (χ0n) is 23.7. The molecule has 0 bridgehead atoms. The van der Waals surface area contributed by atoms with Crippen LogP contribution in [0, 0.1) is 0 Å². The van der Waals surface area contributed by atoms with Crippen molar-refractivity contribution < 1.29 is 57.6 Å². The number of carbonyl (C=O) groups excluding carboxylic acids is 6. The Morgan fingerprint density at radius 1 is 0.571 bits per heavy atom. The van der Waals surface area contributed by atoms with Gasteiger partial charge in [0.1, 0.15) is 18.5 Å². The smallest absolute Gasteiger partial charge is 0.246 e. The number of hydroxylamine groups is 6. The first-order valence-corrected chi connectivity index (χ1v) is 13.3. The van der Waals surface area contributed by atoms with Crippen LogP contribution in [0.1, 0.15) is 58.8 Å². The highest BCUT2D eigenvalue weighted by molar-refractivity contribution is 5.84. The molecule has 0 fully saturated rings. The maximum Gasteiger partial charge on any atom is 0.246 e. The Morgan fingerprint density at radius 2 is 0.905 bits per heavy atom. The van der Waals surface area contributed by atoms with Gasteiger partial charge < -0.3 is 16.0 Å². The van der Waals surface area contributed by atoms with E-state index in [1.54, 1.807) is 0 Å². The van der Waals surface area contributed by atoms with Crippen LogP contribution in [0.2, 0.25) is 0 Å². The fourth-order valence-corrected chi connectivity index (χ4v) is 3.08. The number of carbonyl (C=O) groups is 6. The van der Waals surface area contributed by atoms with Crippen LogP contribution in [0.5, 0.6) is 0 Å². The van der Waals surface area contributed by atoms with Crippen molar-refractivity contribution in [3.05, 3.63) is 0 Å². The lowest BCUT2D eigenvalue weighted by atomic mass is 10.2. The van der Waals surface area contributed by atoms with Gasteiger partial charge in [-0.1, -0.05) is 0 Å². The molecule has 0 aliphatic rings. The van der Waals surface area contributed by atoms with Gasteiger partial charge in [0.2, 0.25) is 35.4 Å². The van der Waals surface area contributed by atoms with Crippen molar-refractivity contribution in [3.8, 4) is 0 Å². The number of nitrogens with one attached hydrogen (secondary N) is 3. The molecule has 3 atom stereocenters. The summed E-state index contributed by atoms with van der Waals surface area (Å²) in [7, 11) is 0. The lowest BCUT2D eigenvalue weighted by Gasteiger charge is -2.17. The third-order valence-corrected chi connectivity index (χ3v) is 5.65. The molecule has 0 saturated heterocycles. The normalized spacial score (nSPS) is 12.9. The highest BCUT2D eigenvalue weighted by Crippen LogP contribution is 2.05. The minimum atomic E-state index is -1.67. The van der Waals surface area contributed by atoms with E-state index in [4.69, 9.17) is 0 Å². The molecule has 42 heavy (non-hydrogen) atoms. The topological polar surface area (TPSA) is 209 Å². The average molecular weight is 615 g/mol. The zero-order valence-corrected chi connectivity index (χ0v) is 23.7. The van der Waals surface area contributed by atoms with Crippen molar-refractivity contribution in [2.75, 3.05) is 39.3 Å². The predicted octanol–water partition coefficient (Wildman–Crippen LogP) is -0.227. The summed E-state index contributed by atoms with van der Waals surface area (Å²) >= 11 is 0. The predicted molar refractivity (Wildman–Crippen MR) is 138 cm³/mol. The summed E-state index contributed by atoms with van der Waals surface area (Å²) in [6.45, 7) is 0.0533. The van der Waals surface area contributed by atoms with Crippen molar-refractivity contribution >= 4 is 35.4 Å². The third kappa shape index (κ3) is 19.5. The van der Waals surface area contributed by atoms with E-state index in [9.17, 15) is 57.6 Å². The molecule has 15 nitrogen and oxygen atoms in total. The summed E-state index contributed by atoms with van der Waals surface area (Å²) in [6, 6.07) is 0. The van der Waals surface area contributed by atoms with Crippen molar-refractivity contribution in [3.63, 3.8) is 0 Å². The lowest BCUT2D eigenvalue weighted by molar-refractivity contribution is -0.166. The standard InChI is InChI=1S/C24H41F3N6O9/c1-16(34)28-13-18(25)8-11-32(41)23(38)5-4-22(37)30-15-20(27)9-12-33(42)24(39)6-3-21(36)29-14-19(26)7-10-31(40)17(2)35/h18-20,40-42H,3-15H2,1-2H3,(H,28,34)(H,29,36)(H,30,37). The Kier molecular flexibility index (Phi) is 19.5. The highest BCUT2D eigenvalue weighted by atomic mass is 19.1. The van der Waals surface area contributed by atoms with Gasteiger partial charge in [-0.25, -0.2) is 28.4 Å². The van der Waals surface area contributed by atoms with Crippen LogP contribution in [-0.2, 0) is 28.8 Å². The van der Waals surface area contributed by atoms with Gasteiger partial charge in [0.05, 0.1) is 19.6 Å². The molecule has 3 unspecified atom stereocenters. The van der Waals surface area contributed by atoms with Crippen LogP contribution in [0.3, 0.4) is 0 Å². The fraction of sp³-hybridized carbons (Fsp3) is 0.750. The van der Waals surface area contributed by atoms with Crippen molar-refractivity contribution in [2.24, 2.45) is 0 Å². The summed E-state index contributed by atoms with van der Waals surface area (Å²) in [5.74, 6) is -4.23. The maximum atomic E-state index is 14.1. The van der Waals surface area contributed by atoms with E-state index in [1.807, 2.05) is 0 Å². The van der Waals surface area contributed by atoms with E-state index in [2.05, 4.69) is 16.0 Å². The van der Waals surface area contributed by atoms with Crippen LogP contribution in [-0.4, -0.2) is 124 Å². The molecule has 0 radical (unpaired) electrons. The molecule has 0 spiro atoms. The molecular formula is C24H41F3N6O9. The minimum absolute atomic E-state index is 0.212. The van der Waals surface area contributed by atoms with Gasteiger partial charge in [-0.15, -0.1) is 0 Å². The van der Waals surface area contributed by atoms with Gasteiger partial charge in [-0.05, 0) is 0 Å². The van der Waals surface area contributed by atoms with Gasteiger partial charge in [0, 0.05) is 78.4 Å². The monoisotopic (exact) mass is 614 g/mol. The maximum absolute atomic E-state index is 14.1. The van der Waals surface area contributed by atoms with Crippen LogP contribution < -0.4 is 16.0 Å². The van der Waals surface area contributed by atoms with Crippen molar-refractivity contribution in [1.82, 2.24) is 31.1 Å². The summed E-state index contributed by atoms with van der Waals surface area (Å²) in [5.41, 5.74) is 0. The highest BCUT2D eigenvalue weighted by Gasteiger charge is 2.19. The van der Waals surface area contributed by atoms with Crippen LogP contribution >= 0.6 is 0 Å². The van der Waals surface area contributed by atoms with Crippen molar-refractivity contribution in [1.29, 1.82) is 0 Å². The molecule has 0 saturated carbocycles. The van der Waals surface area contributed by atoms with Crippen LogP contribution in [0.4, 0.5) is 13.2 Å². The fourth-order valence-electron chi connectivity index (χ4n) is 3.08. The average Bonchev–Trinajstić information content (AvgIpc) is 2.94. The first-order chi connectivity index (χ1) is 19.6. The molecular weight excluding hydrogens is 573 g/mol. The lowest BCUT2D eigenvalue weighted by Crippen LogP contribution is -2.36. The second-order valence-electron chi connectivity index (χ2n) is 9.38. The van der Waals surface area contributed by atoms with Crippen molar-refractivity contribution in [2.45, 2.75) is 77.3 Å². The second-order valence-corrected chi connectivity index (χ2v) is 9.38. The van der Waals surface area contributed by atoms with Gasteiger partial charge in [0.15, 0.2) is 0 Å². The van der Waals surface area contributed by atoms with Gasteiger partial charge in [-0.2, -0.15) is 0 Å². The van der Waals surface area contributed by atoms with Gasteiger partial charge in [-0.3, -0.25) is 44.4 Å². The molecule has 0 aliphatic carbocycles. The zero-order chi connectivity index (χ0) is 32.2. The van der Waals surface area contributed by atoms with E-state index in [-0.39, 0.29) is 61.9 Å². The molecule has 0 aromatic heterocycles. The van der Waals surface area contributed by atoms with E-state index in [1.165, 1.54) is 6.92 Å². The number of hydrogen-bond donors (Lipinski definition) is 6. The molecule has 0 heterocycles. The first kappa shape index (κ1) is 38.5. The van der Waals surface area contributed by atoms with Crippen LogP contribution in [0.25, 0.3) is 0 Å². The quantitative estimate of drug-likeness (QED) is 0.0744. The number of hydrogen-bond acceptors (Lipinski definition) is 9. The molecule has 6 amide bonds. The van der Waals surface area contributed by atoms with Gasteiger partial charge in [0.25, 0.3) is 0 Å². The molecule has 6 N–H and O–H groups in total. The summed E-state index contributed by atoms with van der Waals surface area (Å²) in [6.07, 6.45) is -7.20. The molecule has 0 aromatic rings. The van der Waals surface area contributed by atoms with Crippen LogP contribution in [0.15, 0.2) is 0 Å². The van der Waals surface area contributed by atoms with E-state index < -0.39 is 86.4 Å². The second kappa shape index (κ2) is 21.2. The Balaban J connectivity index is 4.09. The van der Waals surface area contributed by atoms with Gasteiger partial charge >= 0.3 is 0 Å². The number of rotatable bonds is 21. The number of alkyl halides is 3. The largest absolute Gasteiger partial charge is 0.353 e. The van der Waals surface area contributed by atoms with E-state index in [0.29, 0.717) is 5.06 Å². The Labute approximate surface area is 241 Å². The number of nitrogens with zero attached hydrogens (tertiary/aromatic N) is 3. The Bertz CT molecular complexity index is 902. The summed E-state index contributed by atoms with van der Waals surface area (Å²) < 4.78 is 41.4. The summed E-state index contributed by atoms with van der Waals surface area (Å²) in [4.78, 5) is 69.0. The minimum Gasteiger partial charge on any atom is -0.353 e. The van der Waals surface area contributed by atoms with E-state index in [0.717, 1.165) is 6.92 Å². The summed E-state index contributed by atoms with van der Waals surface area (Å²) in [5, 5.41) is 36.1. The third-order valence-electron chi connectivity index (χ3n) is 5.65. The Morgan fingerprint density at radius 3 is 1.24 bits per heavy atom. The molecule has 0 rings (SSSR count).